The molecule has 1 aliphatic carbocycles. The van der Waals surface area contributed by atoms with Crippen molar-refractivity contribution >= 4 is 11.9 Å². The summed E-state index contributed by atoms with van der Waals surface area (Å²) >= 11 is 0. The number of ether oxygens (including phenoxy) is 1. The molecule has 0 spiro atoms. The number of hydrogen-bond donors (Lipinski definition) is 2. The zero-order valence-corrected chi connectivity index (χ0v) is 11.9. The van der Waals surface area contributed by atoms with Crippen molar-refractivity contribution in [1.82, 2.24) is 5.32 Å². The number of aliphatic carboxylic acids is 1. The number of allylic oxidation sites excluding steroid dienone is 1. The van der Waals surface area contributed by atoms with Crippen molar-refractivity contribution in [2.45, 2.75) is 51.7 Å². The molecule has 2 atom stereocenters. The minimum absolute atomic E-state index is 0.145. The molecule has 5 heteroatoms. The van der Waals surface area contributed by atoms with E-state index in [2.05, 4.69) is 11.9 Å². The summed E-state index contributed by atoms with van der Waals surface area (Å²) in [6, 6.07) is 0. The highest BCUT2D eigenvalue weighted by Gasteiger charge is 2.66. The molecule has 0 bridgehead atoms. The van der Waals surface area contributed by atoms with Crippen LogP contribution in [-0.4, -0.2) is 35.2 Å². The number of carboxylic acids is 1. The summed E-state index contributed by atoms with van der Waals surface area (Å²) in [6.45, 7) is 9.59. The van der Waals surface area contributed by atoms with E-state index in [9.17, 15) is 14.7 Å². The largest absolute Gasteiger partial charge is 0.479 e. The third-order valence-electron chi connectivity index (χ3n) is 4.06. The lowest BCUT2D eigenvalue weighted by Gasteiger charge is -2.58. The van der Waals surface area contributed by atoms with Crippen LogP contribution in [-0.2, 0) is 14.3 Å². The summed E-state index contributed by atoms with van der Waals surface area (Å²) in [6.07, 6.45) is 2.60. The van der Waals surface area contributed by atoms with Crippen LogP contribution in [0, 0.1) is 5.41 Å². The molecule has 0 aromatic heterocycles. The minimum Gasteiger partial charge on any atom is -0.479 e. The van der Waals surface area contributed by atoms with Crippen molar-refractivity contribution in [2.24, 2.45) is 5.41 Å². The van der Waals surface area contributed by atoms with Crippen LogP contribution in [0.1, 0.15) is 40.0 Å². The quantitative estimate of drug-likeness (QED) is 0.690. The number of amides is 1. The van der Waals surface area contributed by atoms with Crippen molar-refractivity contribution in [3.8, 4) is 0 Å². The Balaban J connectivity index is 2.81. The number of carbonyl (C=O) groups is 2. The lowest BCUT2D eigenvalue weighted by atomic mass is 9.54. The molecule has 1 rings (SSSR count). The molecule has 0 aromatic rings. The molecular weight excluding hydrogens is 246 g/mol. The maximum Gasteiger partial charge on any atom is 0.330 e. The van der Waals surface area contributed by atoms with E-state index < -0.39 is 16.9 Å². The Bertz CT molecular complexity index is 378. The van der Waals surface area contributed by atoms with Gasteiger partial charge in [0.1, 0.15) is 5.54 Å². The van der Waals surface area contributed by atoms with E-state index in [1.165, 1.54) is 0 Å². The standard InChI is InChI=1S/C14H23NO4/c1-5-7-8-11(16)15-14(12(17)18)9-10(19-6-2)13(14,3)4/h5,10H,1,6-9H2,2-4H3,(H,15,16)(H,17,18). The second-order valence-electron chi connectivity index (χ2n) is 5.46. The Morgan fingerprint density at radius 3 is 2.58 bits per heavy atom. The molecule has 0 radical (unpaired) electrons. The van der Waals surface area contributed by atoms with Gasteiger partial charge in [0.15, 0.2) is 0 Å². The fourth-order valence-electron chi connectivity index (χ4n) is 2.57. The lowest BCUT2D eigenvalue weighted by molar-refractivity contribution is -0.194. The van der Waals surface area contributed by atoms with Crippen molar-refractivity contribution in [1.29, 1.82) is 0 Å². The van der Waals surface area contributed by atoms with Gasteiger partial charge in [-0.15, -0.1) is 6.58 Å². The van der Waals surface area contributed by atoms with Gasteiger partial charge in [-0.05, 0) is 13.3 Å². The maximum absolute atomic E-state index is 11.8. The molecule has 0 heterocycles. The first-order chi connectivity index (χ1) is 8.81. The van der Waals surface area contributed by atoms with E-state index in [4.69, 9.17) is 4.74 Å². The van der Waals surface area contributed by atoms with Crippen molar-refractivity contribution in [3.63, 3.8) is 0 Å². The smallest absolute Gasteiger partial charge is 0.330 e. The second-order valence-corrected chi connectivity index (χ2v) is 5.46. The summed E-state index contributed by atoms with van der Waals surface area (Å²) in [5, 5.41) is 12.2. The average Bonchev–Trinajstić information content (AvgIpc) is 2.34. The predicted molar refractivity (Wildman–Crippen MR) is 71.8 cm³/mol. The number of carboxylic acid groups (broad SMARTS) is 1. The van der Waals surface area contributed by atoms with Gasteiger partial charge in [-0.2, -0.15) is 0 Å². The summed E-state index contributed by atoms with van der Waals surface area (Å²) in [5.41, 5.74) is -1.86. The molecule has 0 saturated heterocycles. The molecular formula is C14H23NO4. The maximum atomic E-state index is 11.8. The van der Waals surface area contributed by atoms with Crippen LogP contribution in [0.2, 0.25) is 0 Å². The molecule has 0 aliphatic heterocycles. The first-order valence-corrected chi connectivity index (χ1v) is 6.58. The Kier molecular flexibility index (Phi) is 4.74. The molecule has 108 valence electrons. The van der Waals surface area contributed by atoms with E-state index >= 15 is 0 Å². The first-order valence-electron chi connectivity index (χ1n) is 6.58. The van der Waals surface area contributed by atoms with Crippen molar-refractivity contribution in [3.05, 3.63) is 12.7 Å². The van der Waals surface area contributed by atoms with Crippen LogP contribution < -0.4 is 5.32 Å². The number of hydrogen-bond acceptors (Lipinski definition) is 3. The zero-order valence-electron chi connectivity index (χ0n) is 11.9. The van der Waals surface area contributed by atoms with Crippen LogP contribution in [0.15, 0.2) is 12.7 Å². The fourth-order valence-corrected chi connectivity index (χ4v) is 2.57. The van der Waals surface area contributed by atoms with Gasteiger partial charge in [-0.25, -0.2) is 4.79 Å². The summed E-state index contributed by atoms with van der Waals surface area (Å²) in [7, 11) is 0. The van der Waals surface area contributed by atoms with Gasteiger partial charge in [0.2, 0.25) is 5.91 Å². The Hall–Kier alpha value is -1.36. The number of nitrogens with one attached hydrogen (secondary N) is 1. The van der Waals surface area contributed by atoms with Crippen LogP contribution in [0.4, 0.5) is 0 Å². The molecule has 2 N–H and O–H groups in total. The van der Waals surface area contributed by atoms with E-state index in [1.807, 2.05) is 20.8 Å². The van der Waals surface area contributed by atoms with E-state index in [-0.39, 0.29) is 18.4 Å². The molecule has 1 aliphatic rings. The zero-order chi connectivity index (χ0) is 14.7. The predicted octanol–water partition coefficient (Wildman–Crippen LogP) is 1.73. The molecule has 2 unspecified atom stereocenters. The van der Waals surface area contributed by atoms with Gasteiger partial charge in [0.25, 0.3) is 0 Å². The highest BCUT2D eigenvalue weighted by Crippen LogP contribution is 2.51. The third-order valence-corrected chi connectivity index (χ3v) is 4.06. The lowest BCUT2D eigenvalue weighted by Crippen LogP contribution is -2.76. The molecule has 0 aromatic carbocycles. The topological polar surface area (TPSA) is 75.6 Å². The summed E-state index contributed by atoms with van der Waals surface area (Å²) in [4.78, 5) is 23.4. The van der Waals surface area contributed by atoms with Crippen molar-refractivity contribution < 1.29 is 19.4 Å². The third kappa shape index (κ3) is 2.66. The van der Waals surface area contributed by atoms with Gasteiger partial charge in [0.05, 0.1) is 6.10 Å². The van der Waals surface area contributed by atoms with Crippen LogP contribution in [0.5, 0.6) is 0 Å². The minimum atomic E-state index is -1.23. The molecule has 1 saturated carbocycles. The van der Waals surface area contributed by atoms with Crippen molar-refractivity contribution in [2.75, 3.05) is 6.61 Å². The fraction of sp³-hybridized carbons (Fsp3) is 0.714. The summed E-state index contributed by atoms with van der Waals surface area (Å²) in [5.74, 6) is -1.26. The van der Waals surface area contributed by atoms with Gasteiger partial charge in [0, 0.05) is 24.9 Å². The normalized spacial score (nSPS) is 28.3. The SMILES string of the molecule is C=CCCC(=O)NC1(C(=O)O)CC(OCC)C1(C)C. The Labute approximate surface area is 114 Å². The molecule has 1 fully saturated rings. The van der Waals surface area contributed by atoms with Gasteiger partial charge >= 0.3 is 5.97 Å². The average molecular weight is 269 g/mol. The van der Waals surface area contributed by atoms with Crippen LogP contribution >= 0.6 is 0 Å². The van der Waals surface area contributed by atoms with E-state index in [1.54, 1.807) is 6.08 Å². The monoisotopic (exact) mass is 269 g/mol. The molecule has 5 nitrogen and oxygen atoms in total. The van der Waals surface area contributed by atoms with E-state index in [0.29, 0.717) is 19.4 Å². The number of rotatable bonds is 7. The highest BCUT2D eigenvalue weighted by molar-refractivity contribution is 5.89. The number of carbonyl (C=O) groups excluding carboxylic acids is 1. The second kappa shape index (κ2) is 5.74. The van der Waals surface area contributed by atoms with Crippen LogP contribution in [0.3, 0.4) is 0 Å². The molecule has 19 heavy (non-hydrogen) atoms. The Morgan fingerprint density at radius 2 is 2.16 bits per heavy atom. The van der Waals surface area contributed by atoms with Gasteiger partial charge < -0.3 is 15.2 Å². The first kappa shape index (κ1) is 15.7. The van der Waals surface area contributed by atoms with Gasteiger partial charge in [-0.1, -0.05) is 19.9 Å². The summed E-state index contributed by atoms with van der Waals surface area (Å²) < 4.78 is 5.53. The van der Waals surface area contributed by atoms with Gasteiger partial charge in [-0.3, -0.25) is 4.79 Å². The Morgan fingerprint density at radius 1 is 1.53 bits per heavy atom. The highest BCUT2D eigenvalue weighted by atomic mass is 16.5. The molecule has 1 amide bonds. The van der Waals surface area contributed by atoms with Crippen LogP contribution in [0.25, 0.3) is 0 Å². The van der Waals surface area contributed by atoms with E-state index in [0.717, 1.165) is 0 Å².